The van der Waals surface area contributed by atoms with Crippen LogP contribution in [0, 0.1) is 46.3 Å². The number of carbonyl (C=O) groups is 2. The summed E-state index contributed by atoms with van der Waals surface area (Å²) in [5, 5.41) is 8.84. The molecule has 0 aromatic heterocycles. The van der Waals surface area contributed by atoms with E-state index in [4.69, 9.17) is 9.84 Å². The normalized spacial score (nSPS) is 41.3. The summed E-state index contributed by atoms with van der Waals surface area (Å²) < 4.78 is 5.74. The van der Waals surface area contributed by atoms with E-state index in [-0.39, 0.29) is 24.9 Å². The molecule has 9 atom stereocenters. The first-order valence-corrected chi connectivity index (χ1v) is 14.6. The fourth-order valence-corrected chi connectivity index (χ4v) is 9.68. The maximum absolute atomic E-state index is 12.1. The summed E-state index contributed by atoms with van der Waals surface area (Å²) >= 11 is 0. The van der Waals surface area contributed by atoms with Gasteiger partial charge in [-0.25, -0.2) is 0 Å². The van der Waals surface area contributed by atoms with Crippen molar-refractivity contribution in [2.24, 2.45) is 46.3 Å². The third-order valence-electron chi connectivity index (χ3n) is 11.5. The highest BCUT2D eigenvalue weighted by atomic mass is 16.5. The second-order valence-corrected chi connectivity index (χ2v) is 13.5. The lowest BCUT2D eigenvalue weighted by Crippen LogP contribution is -2.54. The molecule has 0 spiro atoms. The maximum Gasteiger partial charge on any atom is 0.306 e. The predicted molar refractivity (Wildman–Crippen MR) is 140 cm³/mol. The second-order valence-electron chi connectivity index (χ2n) is 13.5. The van der Waals surface area contributed by atoms with Gasteiger partial charge < -0.3 is 9.84 Å². The molecule has 0 saturated heterocycles. The van der Waals surface area contributed by atoms with Crippen LogP contribution in [0.2, 0.25) is 0 Å². The van der Waals surface area contributed by atoms with Crippen LogP contribution < -0.4 is 0 Å². The van der Waals surface area contributed by atoms with Crippen LogP contribution in [0.3, 0.4) is 0 Å². The minimum atomic E-state index is -0.934. The molecule has 0 aromatic carbocycles. The van der Waals surface area contributed by atoms with Gasteiger partial charge in [0.2, 0.25) is 0 Å². The lowest BCUT2D eigenvalue weighted by molar-refractivity contribution is -0.164. The summed E-state index contributed by atoms with van der Waals surface area (Å²) in [7, 11) is 0. The number of carboxylic acid groups (broad SMARTS) is 1. The van der Waals surface area contributed by atoms with E-state index in [1.54, 1.807) is 0 Å². The monoisotopic (exact) mass is 486 g/mol. The predicted octanol–water partition coefficient (Wildman–Crippen LogP) is 7.80. The third-order valence-corrected chi connectivity index (χ3v) is 11.5. The summed E-state index contributed by atoms with van der Waals surface area (Å²) in [6, 6.07) is 0. The van der Waals surface area contributed by atoms with Crippen LogP contribution in [0.1, 0.15) is 118 Å². The Morgan fingerprint density at radius 3 is 2.40 bits per heavy atom. The zero-order valence-electron chi connectivity index (χ0n) is 22.8. The van der Waals surface area contributed by atoms with E-state index in [1.165, 1.54) is 63.4 Å². The first-order valence-electron chi connectivity index (χ1n) is 14.6. The van der Waals surface area contributed by atoms with Gasteiger partial charge >= 0.3 is 11.9 Å². The number of hydrogen-bond donors (Lipinski definition) is 1. The van der Waals surface area contributed by atoms with Crippen molar-refractivity contribution in [1.82, 2.24) is 0 Å². The Morgan fingerprint density at radius 2 is 1.69 bits per heavy atom. The number of carbonyl (C=O) groups excluding carboxylic acids is 1. The smallest absolute Gasteiger partial charge is 0.306 e. The maximum atomic E-state index is 12.1. The Balaban J connectivity index is 1.37. The molecule has 4 aliphatic carbocycles. The van der Waals surface area contributed by atoms with Gasteiger partial charge in [-0.15, -0.1) is 6.58 Å². The Bertz CT molecular complexity index is 804. The van der Waals surface area contributed by atoms with Gasteiger partial charge in [0.15, 0.2) is 0 Å². The Hall–Kier alpha value is -1.32. The van der Waals surface area contributed by atoms with Crippen LogP contribution in [0.5, 0.6) is 0 Å². The number of allylic oxidation sites excluding steroid dienone is 1. The summed E-state index contributed by atoms with van der Waals surface area (Å²) in [5.41, 5.74) is 2.21. The molecule has 4 nitrogen and oxygen atoms in total. The number of carboxylic acids is 1. The first kappa shape index (κ1) is 26.7. The highest BCUT2D eigenvalue weighted by Gasteiger charge is 2.60. The van der Waals surface area contributed by atoms with E-state index >= 15 is 0 Å². The van der Waals surface area contributed by atoms with Crippen molar-refractivity contribution in [1.29, 1.82) is 0 Å². The minimum absolute atomic E-state index is 0.00842. The van der Waals surface area contributed by atoms with E-state index in [9.17, 15) is 9.59 Å². The summed E-state index contributed by atoms with van der Waals surface area (Å²) in [6.07, 6.45) is 15.0. The van der Waals surface area contributed by atoms with E-state index in [1.807, 2.05) is 0 Å². The molecule has 4 rings (SSSR count). The average Bonchev–Trinajstić information content (AvgIpc) is 3.15. The van der Waals surface area contributed by atoms with Crippen LogP contribution >= 0.6 is 0 Å². The minimum Gasteiger partial charge on any atom is -0.481 e. The van der Waals surface area contributed by atoms with Crippen molar-refractivity contribution >= 4 is 11.9 Å². The highest BCUT2D eigenvalue weighted by molar-refractivity contribution is 5.76. The van der Waals surface area contributed by atoms with Crippen LogP contribution in [-0.4, -0.2) is 23.1 Å². The van der Waals surface area contributed by atoms with E-state index in [0.29, 0.717) is 16.7 Å². The Kier molecular flexibility index (Phi) is 8.08. The van der Waals surface area contributed by atoms with Gasteiger partial charge in [-0.05, 0) is 124 Å². The van der Waals surface area contributed by atoms with E-state index in [0.717, 1.165) is 48.9 Å². The molecule has 0 heterocycles. The molecule has 4 aliphatic rings. The second kappa shape index (κ2) is 10.6. The van der Waals surface area contributed by atoms with Crippen molar-refractivity contribution in [2.75, 3.05) is 0 Å². The van der Waals surface area contributed by atoms with Crippen LogP contribution in [0.15, 0.2) is 12.2 Å². The van der Waals surface area contributed by atoms with Crippen LogP contribution in [-0.2, 0) is 14.3 Å². The molecule has 35 heavy (non-hydrogen) atoms. The molecule has 198 valence electrons. The molecule has 2 unspecified atom stereocenters. The molecule has 0 bridgehead atoms. The number of rotatable bonds is 9. The van der Waals surface area contributed by atoms with Crippen molar-refractivity contribution in [2.45, 2.75) is 124 Å². The fourth-order valence-electron chi connectivity index (χ4n) is 9.68. The number of esters is 1. The highest BCUT2D eigenvalue weighted by Crippen LogP contribution is 2.68. The largest absolute Gasteiger partial charge is 0.481 e. The van der Waals surface area contributed by atoms with Crippen LogP contribution in [0.25, 0.3) is 0 Å². The molecule has 0 aliphatic heterocycles. The van der Waals surface area contributed by atoms with Crippen molar-refractivity contribution in [3.05, 3.63) is 12.2 Å². The molecule has 0 aromatic rings. The zero-order valence-corrected chi connectivity index (χ0v) is 22.8. The zero-order chi connectivity index (χ0) is 25.4. The number of aliphatic carboxylic acids is 1. The fraction of sp³-hybridized carbons (Fsp3) is 0.871. The van der Waals surface area contributed by atoms with E-state index in [2.05, 4.69) is 34.3 Å². The average molecular weight is 487 g/mol. The summed E-state index contributed by atoms with van der Waals surface area (Å²) in [5.74, 6) is 3.65. The van der Waals surface area contributed by atoms with Gasteiger partial charge in [0, 0.05) is 0 Å². The quantitative estimate of drug-likeness (QED) is 0.267. The molecular weight excluding hydrogens is 436 g/mol. The molecule has 0 radical (unpaired) electrons. The summed E-state index contributed by atoms with van der Waals surface area (Å²) in [4.78, 5) is 22.9. The van der Waals surface area contributed by atoms with Gasteiger partial charge in [0.1, 0.15) is 6.10 Å². The number of hydrogen-bond acceptors (Lipinski definition) is 3. The topological polar surface area (TPSA) is 63.6 Å². The number of fused-ring (bicyclic) bond motifs is 5. The molecule has 4 heteroatoms. The van der Waals surface area contributed by atoms with Crippen molar-refractivity contribution in [3.8, 4) is 0 Å². The molecule has 1 N–H and O–H groups in total. The summed E-state index contributed by atoms with van der Waals surface area (Å²) in [6.45, 7) is 14.0. The number of ether oxygens (including phenoxy) is 1. The lowest BCUT2D eigenvalue weighted by Gasteiger charge is -2.61. The molecule has 0 amide bonds. The lowest BCUT2D eigenvalue weighted by atomic mass is 9.44. The molecule has 4 fully saturated rings. The SMILES string of the molecule is C=C(C)CCC[C@@H](C)[C@H]1CC[C@H]2[C@@H]3CCC4CC(OC(=O)CCC(=O)O)CC[C@]4(C)[C@H]3CC[C@]12C. The first-order chi connectivity index (χ1) is 16.5. The Morgan fingerprint density at radius 1 is 0.971 bits per heavy atom. The van der Waals surface area contributed by atoms with Gasteiger partial charge in [0.25, 0.3) is 0 Å². The third kappa shape index (κ3) is 5.37. The van der Waals surface area contributed by atoms with E-state index < -0.39 is 5.97 Å². The standard InChI is InChI=1S/C31H50O4/c1-20(2)7-6-8-21(3)25-11-12-26-24-10-9-22-19-23(35-29(34)14-13-28(32)33)15-17-30(22,4)27(24)16-18-31(25,26)5/h21-27H,1,6-19H2,2-5H3,(H,32,33)/t21-,22?,23?,24+,25-,26+,27+,30+,31-/m1/s1. The van der Waals surface area contributed by atoms with Crippen molar-refractivity contribution < 1.29 is 19.4 Å². The Labute approximate surface area is 213 Å². The van der Waals surface area contributed by atoms with Gasteiger partial charge in [-0.2, -0.15) is 0 Å². The van der Waals surface area contributed by atoms with Crippen LogP contribution in [0.4, 0.5) is 0 Å². The van der Waals surface area contributed by atoms with Gasteiger partial charge in [-0.3, -0.25) is 9.59 Å². The molecular formula is C31H50O4. The van der Waals surface area contributed by atoms with Gasteiger partial charge in [0.05, 0.1) is 12.8 Å². The molecule has 4 saturated carbocycles. The van der Waals surface area contributed by atoms with Gasteiger partial charge in [-0.1, -0.05) is 32.8 Å². The van der Waals surface area contributed by atoms with Crippen molar-refractivity contribution in [3.63, 3.8) is 0 Å².